The minimum atomic E-state index is -3.19. The molecule has 1 N–H and O–H groups in total. The lowest BCUT2D eigenvalue weighted by Gasteiger charge is -2.11. The Hall–Kier alpha value is -2.80. The fraction of sp³-hybridized carbons (Fsp3) is 0.167. The number of sulfone groups is 1. The fourth-order valence-electron chi connectivity index (χ4n) is 2.37. The molecule has 2 aromatic carbocycles. The molecule has 1 atom stereocenters. The Labute approximate surface area is 146 Å². The van der Waals surface area contributed by atoms with Gasteiger partial charge in [-0.2, -0.15) is 0 Å². The van der Waals surface area contributed by atoms with Gasteiger partial charge in [0.2, 0.25) is 0 Å². The van der Waals surface area contributed by atoms with Crippen molar-refractivity contribution in [2.75, 3.05) is 12.9 Å². The normalized spacial score (nSPS) is 17.9. The second-order valence-corrected chi connectivity index (χ2v) is 7.47. The molecule has 3 rings (SSSR count). The van der Waals surface area contributed by atoms with Crippen LogP contribution in [0.4, 0.5) is 0 Å². The van der Waals surface area contributed by atoms with Gasteiger partial charge in [0.15, 0.2) is 9.84 Å². The molecular formula is C18H17NO5S. The van der Waals surface area contributed by atoms with E-state index in [4.69, 9.17) is 9.47 Å². The highest BCUT2D eigenvalue weighted by atomic mass is 32.2. The molecule has 1 heterocycles. The Kier molecular flexibility index (Phi) is 4.76. The topological polar surface area (TPSA) is 81.7 Å². The van der Waals surface area contributed by atoms with Crippen LogP contribution in [0.1, 0.15) is 10.4 Å². The van der Waals surface area contributed by atoms with Crippen molar-refractivity contribution in [3.63, 3.8) is 0 Å². The number of carbonyl (C=O) groups is 1. The molecule has 130 valence electrons. The highest BCUT2D eigenvalue weighted by molar-refractivity contribution is 7.94. The molecule has 0 saturated heterocycles. The molecule has 0 fully saturated rings. The van der Waals surface area contributed by atoms with Crippen LogP contribution in [0.3, 0.4) is 0 Å². The van der Waals surface area contributed by atoms with Crippen molar-refractivity contribution in [1.82, 2.24) is 5.32 Å². The van der Waals surface area contributed by atoms with Crippen molar-refractivity contribution in [3.8, 4) is 17.2 Å². The van der Waals surface area contributed by atoms with E-state index in [1.54, 1.807) is 55.6 Å². The average Bonchev–Trinajstić information content (AvgIpc) is 2.94. The first-order valence-electron chi connectivity index (χ1n) is 7.59. The van der Waals surface area contributed by atoms with Crippen molar-refractivity contribution >= 4 is 15.7 Å². The van der Waals surface area contributed by atoms with Crippen LogP contribution in [0.25, 0.3) is 0 Å². The molecule has 0 radical (unpaired) electrons. The summed E-state index contributed by atoms with van der Waals surface area (Å²) in [5, 5.41) is 3.80. The average molecular weight is 359 g/mol. The molecule has 0 saturated carbocycles. The van der Waals surface area contributed by atoms with Gasteiger partial charge < -0.3 is 14.8 Å². The third kappa shape index (κ3) is 4.39. The van der Waals surface area contributed by atoms with E-state index in [1.807, 2.05) is 0 Å². The maximum absolute atomic E-state index is 12.2. The number of rotatable bonds is 5. The van der Waals surface area contributed by atoms with Crippen LogP contribution >= 0.6 is 0 Å². The summed E-state index contributed by atoms with van der Waals surface area (Å²) in [5.41, 5.74) is 0.430. The summed E-state index contributed by atoms with van der Waals surface area (Å²) in [6.07, 6.45) is 1.48. The molecule has 6 nitrogen and oxygen atoms in total. The van der Waals surface area contributed by atoms with Crippen LogP contribution in [-0.4, -0.2) is 33.2 Å². The predicted octanol–water partition coefficient (Wildman–Crippen LogP) is 2.53. The van der Waals surface area contributed by atoms with E-state index >= 15 is 0 Å². The summed E-state index contributed by atoms with van der Waals surface area (Å²) in [6.45, 7) is 0. The van der Waals surface area contributed by atoms with Gasteiger partial charge in [0.1, 0.15) is 17.2 Å². The van der Waals surface area contributed by atoms with Gasteiger partial charge >= 0.3 is 0 Å². The first kappa shape index (κ1) is 17.0. The number of benzene rings is 2. The van der Waals surface area contributed by atoms with E-state index in [0.29, 0.717) is 17.1 Å². The Bertz CT molecular complexity index is 886. The highest BCUT2D eigenvalue weighted by Crippen LogP contribution is 2.24. The van der Waals surface area contributed by atoms with E-state index in [-0.39, 0.29) is 11.7 Å². The number of methoxy groups -OCH3 is 1. The molecular weight excluding hydrogens is 342 g/mol. The molecule has 25 heavy (non-hydrogen) atoms. The van der Waals surface area contributed by atoms with Crippen LogP contribution in [0.2, 0.25) is 0 Å². The second-order valence-electron chi connectivity index (χ2n) is 5.54. The quantitative estimate of drug-likeness (QED) is 0.887. The Morgan fingerprint density at radius 3 is 2.08 bits per heavy atom. The van der Waals surface area contributed by atoms with Crippen molar-refractivity contribution < 1.29 is 22.7 Å². The number of hydrogen-bond acceptors (Lipinski definition) is 5. The molecule has 2 aromatic rings. The zero-order valence-corrected chi connectivity index (χ0v) is 14.3. The van der Waals surface area contributed by atoms with Crippen LogP contribution in [0, 0.1) is 0 Å². The minimum Gasteiger partial charge on any atom is -0.497 e. The molecule has 1 aliphatic heterocycles. The van der Waals surface area contributed by atoms with Gasteiger partial charge in [0.25, 0.3) is 5.91 Å². The molecule has 0 spiro atoms. The van der Waals surface area contributed by atoms with E-state index in [1.165, 1.54) is 6.08 Å². The largest absolute Gasteiger partial charge is 0.497 e. The van der Waals surface area contributed by atoms with Crippen LogP contribution < -0.4 is 14.8 Å². The van der Waals surface area contributed by atoms with Gasteiger partial charge in [0.05, 0.1) is 18.9 Å². The number of amides is 1. The lowest BCUT2D eigenvalue weighted by molar-refractivity contribution is 0.0947. The standard InChI is InChI=1S/C18H17NO5S/c1-23-15-6-8-17(9-7-15)24-16-4-2-13(3-5-16)18(20)19-14-10-11-25(21,22)12-14/h2-11,14H,12H2,1H3,(H,19,20)/t14-/m0/s1. The second kappa shape index (κ2) is 6.98. The molecule has 0 bridgehead atoms. The van der Waals surface area contributed by atoms with Crippen molar-refractivity contribution in [2.24, 2.45) is 0 Å². The molecule has 7 heteroatoms. The lowest BCUT2D eigenvalue weighted by atomic mass is 10.2. The molecule has 1 aliphatic rings. The molecule has 0 aromatic heterocycles. The summed E-state index contributed by atoms with van der Waals surface area (Å²) < 4.78 is 33.5. The summed E-state index contributed by atoms with van der Waals surface area (Å²) in [7, 11) is -1.60. The number of nitrogens with one attached hydrogen (secondary N) is 1. The van der Waals surface area contributed by atoms with Crippen LogP contribution in [0.5, 0.6) is 17.2 Å². The molecule has 0 aliphatic carbocycles. The van der Waals surface area contributed by atoms with E-state index < -0.39 is 15.9 Å². The van der Waals surface area contributed by atoms with Gasteiger partial charge in [-0.15, -0.1) is 0 Å². The Morgan fingerprint density at radius 2 is 1.56 bits per heavy atom. The SMILES string of the molecule is COc1ccc(Oc2ccc(C(=O)N[C@H]3C=CS(=O)(=O)C3)cc2)cc1. The van der Waals surface area contributed by atoms with Gasteiger partial charge in [0, 0.05) is 11.0 Å². The molecule has 0 unspecified atom stereocenters. The third-order valence-electron chi connectivity index (χ3n) is 3.66. The number of hydrogen-bond donors (Lipinski definition) is 1. The van der Waals surface area contributed by atoms with Crippen molar-refractivity contribution in [3.05, 3.63) is 65.6 Å². The van der Waals surface area contributed by atoms with Crippen molar-refractivity contribution in [1.29, 1.82) is 0 Å². The number of ether oxygens (including phenoxy) is 2. The fourth-order valence-corrected chi connectivity index (χ4v) is 3.61. The number of carbonyl (C=O) groups excluding carboxylic acids is 1. The van der Waals surface area contributed by atoms with Gasteiger partial charge in [-0.25, -0.2) is 8.42 Å². The van der Waals surface area contributed by atoms with Gasteiger partial charge in [-0.3, -0.25) is 4.79 Å². The molecule has 1 amide bonds. The van der Waals surface area contributed by atoms with Gasteiger partial charge in [-0.1, -0.05) is 0 Å². The van der Waals surface area contributed by atoms with E-state index in [2.05, 4.69) is 5.32 Å². The zero-order valence-electron chi connectivity index (χ0n) is 13.5. The summed E-state index contributed by atoms with van der Waals surface area (Å²) in [6, 6.07) is 13.3. The zero-order chi connectivity index (χ0) is 17.9. The predicted molar refractivity (Wildman–Crippen MR) is 93.7 cm³/mol. The summed E-state index contributed by atoms with van der Waals surface area (Å²) >= 11 is 0. The Balaban J connectivity index is 1.61. The smallest absolute Gasteiger partial charge is 0.251 e. The van der Waals surface area contributed by atoms with Gasteiger partial charge in [-0.05, 0) is 54.6 Å². The summed E-state index contributed by atoms with van der Waals surface area (Å²) in [5.74, 6) is 1.55. The minimum absolute atomic E-state index is 0.0998. The highest BCUT2D eigenvalue weighted by Gasteiger charge is 2.23. The third-order valence-corrected chi connectivity index (χ3v) is 5.05. The first-order valence-corrected chi connectivity index (χ1v) is 9.30. The first-order chi connectivity index (χ1) is 11.9. The van der Waals surface area contributed by atoms with Crippen molar-refractivity contribution in [2.45, 2.75) is 6.04 Å². The maximum Gasteiger partial charge on any atom is 0.251 e. The maximum atomic E-state index is 12.2. The van der Waals surface area contributed by atoms with Crippen LogP contribution in [-0.2, 0) is 9.84 Å². The van der Waals surface area contributed by atoms with E-state index in [9.17, 15) is 13.2 Å². The lowest BCUT2D eigenvalue weighted by Crippen LogP contribution is -2.35. The van der Waals surface area contributed by atoms with Crippen LogP contribution in [0.15, 0.2) is 60.0 Å². The monoisotopic (exact) mass is 359 g/mol. The summed E-state index contributed by atoms with van der Waals surface area (Å²) in [4.78, 5) is 12.2. The Morgan fingerprint density at radius 1 is 1.00 bits per heavy atom. The van der Waals surface area contributed by atoms with E-state index in [0.717, 1.165) is 11.2 Å².